The maximum atomic E-state index is 6.00. The quantitative estimate of drug-likeness (QED) is 0.667. The van der Waals surface area contributed by atoms with Crippen LogP contribution in [0.2, 0.25) is 0 Å². The molecule has 0 radical (unpaired) electrons. The van der Waals surface area contributed by atoms with Crippen LogP contribution in [0.4, 0.5) is 0 Å². The second-order valence-electron chi connectivity index (χ2n) is 7.07. The molecule has 1 N–H and O–H groups in total. The average Bonchev–Trinajstić information content (AvgIpc) is 2.75. The number of piperazine rings is 1. The minimum atomic E-state index is 0.331. The first kappa shape index (κ1) is 18.5. The minimum absolute atomic E-state index is 0.331. The molecule has 1 saturated heterocycles. The van der Waals surface area contributed by atoms with Crippen molar-refractivity contribution in [1.82, 2.24) is 10.2 Å². The third-order valence-corrected chi connectivity index (χ3v) is 4.84. The molecule has 4 heteroatoms. The molecule has 0 aliphatic carbocycles. The van der Waals surface area contributed by atoms with Crippen molar-refractivity contribution in [1.29, 1.82) is 0 Å². The van der Waals surface area contributed by atoms with Crippen molar-refractivity contribution in [3.8, 4) is 17.2 Å². The van der Waals surface area contributed by atoms with Crippen LogP contribution in [-0.2, 0) is 6.54 Å². The van der Waals surface area contributed by atoms with E-state index in [-0.39, 0.29) is 0 Å². The van der Waals surface area contributed by atoms with Gasteiger partial charge in [-0.25, -0.2) is 0 Å². The van der Waals surface area contributed by atoms with Crippen molar-refractivity contribution < 1.29 is 9.47 Å². The Morgan fingerprint density at radius 1 is 0.786 bits per heavy atom. The standard InChI is InChI=1S/C24H26N2O2/c1-3-7-20(8-4-1)17-26-16-15-25-21(18-26)19-27-22-11-13-24(14-12-22)28-23-9-5-2-6-10-23/h1-14,21,25H,15-19H2. The van der Waals surface area contributed by atoms with Crippen molar-refractivity contribution in [3.63, 3.8) is 0 Å². The lowest BCUT2D eigenvalue weighted by Gasteiger charge is -2.33. The Morgan fingerprint density at radius 2 is 1.43 bits per heavy atom. The summed E-state index contributed by atoms with van der Waals surface area (Å²) in [7, 11) is 0. The summed E-state index contributed by atoms with van der Waals surface area (Å²) in [4.78, 5) is 2.48. The summed E-state index contributed by atoms with van der Waals surface area (Å²) in [5, 5.41) is 3.56. The number of benzene rings is 3. The highest BCUT2D eigenvalue weighted by Gasteiger charge is 2.19. The van der Waals surface area contributed by atoms with Gasteiger partial charge in [0.15, 0.2) is 0 Å². The number of nitrogens with zero attached hydrogens (tertiary/aromatic N) is 1. The monoisotopic (exact) mass is 374 g/mol. The Hall–Kier alpha value is -2.82. The fourth-order valence-electron chi connectivity index (χ4n) is 3.42. The third kappa shape index (κ3) is 5.35. The van der Waals surface area contributed by atoms with Crippen LogP contribution in [0.25, 0.3) is 0 Å². The molecule has 1 heterocycles. The molecule has 4 nitrogen and oxygen atoms in total. The van der Waals surface area contributed by atoms with Gasteiger partial charge in [0, 0.05) is 26.2 Å². The molecule has 0 saturated carbocycles. The van der Waals surface area contributed by atoms with Crippen LogP contribution in [0, 0.1) is 0 Å². The molecular weight excluding hydrogens is 348 g/mol. The Kier molecular flexibility index (Phi) is 6.22. The van der Waals surface area contributed by atoms with Gasteiger partial charge >= 0.3 is 0 Å². The number of nitrogens with one attached hydrogen (secondary N) is 1. The molecule has 0 aromatic heterocycles. The first-order chi connectivity index (χ1) is 13.8. The van der Waals surface area contributed by atoms with E-state index < -0.39 is 0 Å². The average molecular weight is 374 g/mol. The lowest BCUT2D eigenvalue weighted by atomic mass is 10.1. The predicted octanol–water partition coefficient (Wildman–Crippen LogP) is 4.33. The summed E-state index contributed by atoms with van der Waals surface area (Å²) in [6.07, 6.45) is 0. The van der Waals surface area contributed by atoms with Crippen LogP contribution in [0.3, 0.4) is 0 Å². The van der Waals surface area contributed by atoms with Crippen molar-refractivity contribution in [3.05, 3.63) is 90.5 Å². The molecule has 3 aromatic carbocycles. The van der Waals surface area contributed by atoms with Crippen LogP contribution in [0.15, 0.2) is 84.9 Å². The second-order valence-corrected chi connectivity index (χ2v) is 7.07. The van der Waals surface area contributed by atoms with Crippen molar-refractivity contribution in [2.75, 3.05) is 26.2 Å². The van der Waals surface area contributed by atoms with Gasteiger partial charge in [0.05, 0.1) is 6.04 Å². The molecule has 1 fully saturated rings. The van der Waals surface area contributed by atoms with Gasteiger partial charge in [0.2, 0.25) is 0 Å². The zero-order valence-corrected chi connectivity index (χ0v) is 16.0. The molecule has 0 bridgehead atoms. The molecule has 1 aliphatic heterocycles. The largest absolute Gasteiger partial charge is 0.492 e. The summed E-state index contributed by atoms with van der Waals surface area (Å²) in [5.74, 6) is 2.51. The Bertz CT molecular complexity index is 837. The molecule has 1 unspecified atom stereocenters. The lowest BCUT2D eigenvalue weighted by molar-refractivity contribution is 0.152. The second kappa shape index (κ2) is 9.40. The summed E-state index contributed by atoms with van der Waals surface area (Å²) in [5.41, 5.74) is 1.36. The molecule has 3 aromatic rings. The fourth-order valence-corrected chi connectivity index (χ4v) is 3.42. The van der Waals surface area contributed by atoms with E-state index in [4.69, 9.17) is 9.47 Å². The highest BCUT2D eigenvalue weighted by Crippen LogP contribution is 2.23. The molecular formula is C24H26N2O2. The molecule has 28 heavy (non-hydrogen) atoms. The van der Waals surface area contributed by atoms with Gasteiger partial charge in [-0.3, -0.25) is 4.90 Å². The van der Waals surface area contributed by atoms with Gasteiger partial charge < -0.3 is 14.8 Å². The number of hydrogen-bond acceptors (Lipinski definition) is 4. The maximum absolute atomic E-state index is 6.00. The van der Waals surface area contributed by atoms with Gasteiger partial charge in [-0.1, -0.05) is 48.5 Å². The van der Waals surface area contributed by atoms with Crippen molar-refractivity contribution in [2.45, 2.75) is 12.6 Å². The lowest BCUT2D eigenvalue weighted by Crippen LogP contribution is -2.52. The Labute approximate surface area is 166 Å². The SMILES string of the molecule is c1ccc(CN2CCNC(COc3ccc(Oc4ccccc4)cc3)C2)cc1. The van der Waals surface area contributed by atoms with E-state index >= 15 is 0 Å². The molecule has 4 rings (SSSR count). The molecule has 1 atom stereocenters. The predicted molar refractivity (Wildman–Crippen MR) is 112 cm³/mol. The molecule has 0 amide bonds. The van der Waals surface area contributed by atoms with Crippen LogP contribution in [0.5, 0.6) is 17.2 Å². The smallest absolute Gasteiger partial charge is 0.127 e. The summed E-state index contributed by atoms with van der Waals surface area (Å²) >= 11 is 0. The summed E-state index contributed by atoms with van der Waals surface area (Å²) in [6, 6.07) is 28.6. The molecule has 0 spiro atoms. The van der Waals surface area contributed by atoms with Gasteiger partial charge in [-0.05, 0) is 42.0 Å². The number of hydrogen-bond donors (Lipinski definition) is 1. The van der Waals surface area contributed by atoms with Gasteiger partial charge in [-0.15, -0.1) is 0 Å². The first-order valence-electron chi connectivity index (χ1n) is 9.80. The van der Waals surface area contributed by atoms with E-state index in [1.807, 2.05) is 54.6 Å². The van der Waals surface area contributed by atoms with Gasteiger partial charge in [0.25, 0.3) is 0 Å². The topological polar surface area (TPSA) is 33.7 Å². The van der Waals surface area contributed by atoms with Gasteiger partial charge in [-0.2, -0.15) is 0 Å². The number of ether oxygens (including phenoxy) is 2. The van der Waals surface area contributed by atoms with Gasteiger partial charge in [0.1, 0.15) is 23.9 Å². The van der Waals surface area contributed by atoms with Crippen molar-refractivity contribution >= 4 is 0 Å². The third-order valence-electron chi connectivity index (χ3n) is 4.84. The minimum Gasteiger partial charge on any atom is -0.492 e. The molecule has 144 valence electrons. The number of para-hydroxylation sites is 1. The zero-order valence-electron chi connectivity index (χ0n) is 16.0. The van der Waals surface area contributed by atoms with E-state index in [0.29, 0.717) is 12.6 Å². The summed E-state index contributed by atoms with van der Waals surface area (Å²) < 4.78 is 11.8. The van der Waals surface area contributed by atoms with Crippen LogP contribution in [-0.4, -0.2) is 37.2 Å². The van der Waals surface area contributed by atoms with E-state index in [1.165, 1.54) is 5.56 Å². The van der Waals surface area contributed by atoms with E-state index in [1.54, 1.807) is 0 Å². The van der Waals surface area contributed by atoms with Crippen LogP contribution >= 0.6 is 0 Å². The Balaban J connectivity index is 1.25. The highest BCUT2D eigenvalue weighted by atomic mass is 16.5. The van der Waals surface area contributed by atoms with E-state index in [0.717, 1.165) is 43.4 Å². The van der Waals surface area contributed by atoms with Crippen LogP contribution < -0.4 is 14.8 Å². The Morgan fingerprint density at radius 3 is 2.18 bits per heavy atom. The summed E-state index contributed by atoms with van der Waals surface area (Å²) in [6.45, 7) is 4.69. The number of rotatable bonds is 7. The fraction of sp³-hybridized carbons (Fsp3) is 0.250. The van der Waals surface area contributed by atoms with E-state index in [9.17, 15) is 0 Å². The normalized spacial score (nSPS) is 17.2. The molecule has 1 aliphatic rings. The highest BCUT2D eigenvalue weighted by molar-refractivity contribution is 5.35. The van der Waals surface area contributed by atoms with Crippen LogP contribution in [0.1, 0.15) is 5.56 Å². The van der Waals surface area contributed by atoms with E-state index in [2.05, 4.69) is 40.5 Å². The van der Waals surface area contributed by atoms with Crippen molar-refractivity contribution in [2.24, 2.45) is 0 Å². The maximum Gasteiger partial charge on any atom is 0.127 e. The zero-order chi connectivity index (χ0) is 19.0. The first-order valence-corrected chi connectivity index (χ1v) is 9.80.